The second kappa shape index (κ2) is 6.44. The van der Waals surface area contributed by atoms with Crippen LogP contribution in [0.5, 0.6) is 0 Å². The molecule has 22 heavy (non-hydrogen) atoms. The molecule has 2 aromatic carbocycles. The van der Waals surface area contributed by atoms with Gasteiger partial charge in [-0.1, -0.05) is 29.3 Å². The molecule has 0 aliphatic heterocycles. The summed E-state index contributed by atoms with van der Waals surface area (Å²) in [5.41, 5.74) is 1.74. The van der Waals surface area contributed by atoms with Gasteiger partial charge in [-0.15, -0.1) is 0 Å². The second-order valence-corrected chi connectivity index (χ2v) is 5.08. The zero-order valence-corrected chi connectivity index (χ0v) is 12.8. The van der Waals surface area contributed by atoms with Crippen LogP contribution in [0.2, 0.25) is 5.02 Å². The highest BCUT2D eigenvalue weighted by Gasteiger charge is 2.20. The molecular formula is C15H14ClN3O3. The SMILES string of the molecule is CNc1cc(Cl)c(C(=O)Nc2ccc(C)cc2)cc1[N+](=O)[O-]. The van der Waals surface area contributed by atoms with Crippen molar-refractivity contribution in [3.05, 3.63) is 62.7 Å². The van der Waals surface area contributed by atoms with E-state index in [2.05, 4.69) is 10.6 Å². The fraction of sp³-hybridized carbons (Fsp3) is 0.133. The summed E-state index contributed by atoms with van der Waals surface area (Å²) in [6, 6.07) is 9.73. The molecule has 0 aliphatic rings. The van der Waals surface area contributed by atoms with Crippen molar-refractivity contribution in [3.63, 3.8) is 0 Å². The first-order valence-corrected chi connectivity index (χ1v) is 6.84. The molecule has 2 aromatic rings. The quantitative estimate of drug-likeness (QED) is 0.662. The van der Waals surface area contributed by atoms with Crippen molar-refractivity contribution in [2.75, 3.05) is 17.7 Å². The van der Waals surface area contributed by atoms with Crippen LogP contribution in [0.1, 0.15) is 15.9 Å². The molecule has 2 rings (SSSR count). The zero-order valence-electron chi connectivity index (χ0n) is 12.0. The molecule has 0 bridgehead atoms. The number of nitro groups is 1. The molecule has 6 nitrogen and oxygen atoms in total. The summed E-state index contributed by atoms with van der Waals surface area (Å²) < 4.78 is 0. The molecule has 0 spiro atoms. The summed E-state index contributed by atoms with van der Waals surface area (Å²) in [5.74, 6) is -0.500. The molecular weight excluding hydrogens is 306 g/mol. The van der Waals surface area contributed by atoms with Crippen LogP contribution in [0.3, 0.4) is 0 Å². The van der Waals surface area contributed by atoms with E-state index in [4.69, 9.17) is 11.6 Å². The molecule has 1 amide bonds. The maximum atomic E-state index is 12.3. The Morgan fingerprint density at radius 2 is 1.86 bits per heavy atom. The number of rotatable bonds is 4. The van der Waals surface area contributed by atoms with Crippen molar-refractivity contribution in [1.29, 1.82) is 0 Å². The number of amides is 1. The summed E-state index contributed by atoms with van der Waals surface area (Å²) in [5, 5.41) is 16.5. The highest BCUT2D eigenvalue weighted by Crippen LogP contribution is 2.31. The smallest absolute Gasteiger partial charge is 0.293 e. The molecule has 0 atom stereocenters. The minimum absolute atomic E-state index is 0.0490. The first-order chi connectivity index (χ1) is 10.4. The van der Waals surface area contributed by atoms with Crippen LogP contribution in [0.15, 0.2) is 36.4 Å². The molecule has 2 N–H and O–H groups in total. The maximum absolute atomic E-state index is 12.3. The molecule has 7 heteroatoms. The number of benzene rings is 2. The summed E-state index contributed by atoms with van der Waals surface area (Å²) >= 11 is 6.05. The number of hydrogen-bond donors (Lipinski definition) is 2. The fourth-order valence-corrected chi connectivity index (χ4v) is 2.17. The van der Waals surface area contributed by atoms with E-state index >= 15 is 0 Å². The van der Waals surface area contributed by atoms with Gasteiger partial charge in [0, 0.05) is 18.8 Å². The molecule has 0 aromatic heterocycles. The van der Waals surface area contributed by atoms with Gasteiger partial charge in [-0.2, -0.15) is 0 Å². The van der Waals surface area contributed by atoms with Gasteiger partial charge >= 0.3 is 0 Å². The van der Waals surface area contributed by atoms with Crippen molar-refractivity contribution in [1.82, 2.24) is 0 Å². The van der Waals surface area contributed by atoms with E-state index in [1.165, 1.54) is 6.07 Å². The minimum atomic E-state index is -0.565. The Balaban J connectivity index is 2.34. The van der Waals surface area contributed by atoms with E-state index in [-0.39, 0.29) is 22.0 Å². The highest BCUT2D eigenvalue weighted by atomic mass is 35.5. The Morgan fingerprint density at radius 1 is 1.23 bits per heavy atom. The third-order valence-corrected chi connectivity index (χ3v) is 3.42. The van der Waals surface area contributed by atoms with Crippen LogP contribution in [-0.4, -0.2) is 17.9 Å². The number of aryl methyl sites for hydroxylation is 1. The molecule has 0 saturated heterocycles. The van der Waals surface area contributed by atoms with Crippen LogP contribution in [0.4, 0.5) is 17.1 Å². The van der Waals surface area contributed by atoms with E-state index in [1.807, 2.05) is 19.1 Å². The maximum Gasteiger partial charge on any atom is 0.293 e. The average molecular weight is 320 g/mol. The Kier molecular flexibility index (Phi) is 4.62. The molecule has 0 radical (unpaired) electrons. The fourth-order valence-electron chi connectivity index (χ4n) is 1.92. The van der Waals surface area contributed by atoms with Gasteiger partial charge in [0.25, 0.3) is 11.6 Å². The Bertz CT molecular complexity index is 730. The van der Waals surface area contributed by atoms with Gasteiger partial charge in [0.05, 0.1) is 15.5 Å². The topological polar surface area (TPSA) is 84.3 Å². The van der Waals surface area contributed by atoms with Crippen LogP contribution in [0.25, 0.3) is 0 Å². The van der Waals surface area contributed by atoms with E-state index < -0.39 is 10.8 Å². The Labute approximate surface area is 132 Å². The van der Waals surface area contributed by atoms with E-state index in [0.29, 0.717) is 5.69 Å². The predicted octanol–water partition coefficient (Wildman–Crippen LogP) is 3.85. The number of anilines is 2. The number of carbonyl (C=O) groups excluding carboxylic acids is 1. The normalized spacial score (nSPS) is 10.1. The minimum Gasteiger partial charge on any atom is -0.383 e. The predicted molar refractivity (Wildman–Crippen MR) is 86.8 cm³/mol. The molecule has 0 saturated carbocycles. The summed E-state index contributed by atoms with van der Waals surface area (Å²) in [6.45, 7) is 1.93. The van der Waals surface area contributed by atoms with Crippen LogP contribution < -0.4 is 10.6 Å². The van der Waals surface area contributed by atoms with Crippen LogP contribution in [0, 0.1) is 17.0 Å². The second-order valence-electron chi connectivity index (χ2n) is 4.68. The summed E-state index contributed by atoms with van der Waals surface area (Å²) in [7, 11) is 1.55. The number of nitrogens with zero attached hydrogens (tertiary/aromatic N) is 1. The number of carbonyl (C=O) groups is 1. The van der Waals surface area contributed by atoms with Gasteiger partial charge in [-0.25, -0.2) is 0 Å². The number of nitro benzene ring substituents is 1. The van der Waals surface area contributed by atoms with E-state index in [1.54, 1.807) is 19.2 Å². The highest BCUT2D eigenvalue weighted by molar-refractivity contribution is 6.35. The van der Waals surface area contributed by atoms with Gasteiger partial charge in [-0.05, 0) is 25.1 Å². The monoisotopic (exact) mass is 319 g/mol. The lowest BCUT2D eigenvalue weighted by Crippen LogP contribution is -2.13. The van der Waals surface area contributed by atoms with Crippen molar-refractivity contribution >= 4 is 34.6 Å². The Morgan fingerprint density at radius 3 is 2.41 bits per heavy atom. The van der Waals surface area contributed by atoms with Crippen molar-refractivity contribution in [2.24, 2.45) is 0 Å². The van der Waals surface area contributed by atoms with Gasteiger partial charge in [-0.3, -0.25) is 14.9 Å². The Hall–Kier alpha value is -2.60. The molecule has 0 unspecified atom stereocenters. The van der Waals surface area contributed by atoms with Crippen molar-refractivity contribution < 1.29 is 9.72 Å². The lowest BCUT2D eigenvalue weighted by atomic mass is 10.1. The van der Waals surface area contributed by atoms with Gasteiger partial charge in [0.2, 0.25) is 0 Å². The van der Waals surface area contributed by atoms with Gasteiger partial charge < -0.3 is 10.6 Å². The van der Waals surface area contributed by atoms with Gasteiger partial charge in [0.1, 0.15) is 5.69 Å². The van der Waals surface area contributed by atoms with Crippen molar-refractivity contribution in [2.45, 2.75) is 6.92 Å². The lowest BCUT2D eigenvalue weighted by Gasteiger charge is -2.09. The zero-order chi connectivity index (χ0) is 16.3. The standard InChI is InChI=1S/C15H14ClN3O3/c1-9-3-5-10(6-4-9)18-15(20)11-7-14(19(21)22)13(17-2)8-12(11)16/h3-8,17H,1-2H3,(H,18,20). The molecule has 0 heterocycles. The molecule has 0 fully saturated rings. The first-order valence-electron chi connectivity index (χ1n) is 6.46. The average Bonchev–Trinajstić information content (AvgIpc) is 2.48. The summed E-state index contributed by atoms with van der Waals surface area (Å²) in [4.78, 5) is 22.7. The molecule has 0 aliphatic carbocycles. The van der Waals surface area contributed by atoms with Crippen LogP contribution in [-0.2, 0) is 0 Å². The first kappa shape index (κ1) is 15.8. The molecule has 114 valence electrons. The number of hydrogen-bond acceptors (Lipinski definition) is 4. The lowest BCUT2D eigenvalue weighted by molar-refractivity contribution is -0.384. The summed E-state index contributed by atoms with van der Waals surface area (Å²) in [6.07, 6.45) is 0. The van der Waals surface area contributed by atoms with Gasteiger partial charge in [0.15, 0.2) is 0 Å². The third-order valence-electron chi connectivity index (χ3n) is 3.11. The van der Waals surface area contributed by atoms with Crippen LogP contribution >= 0.6 is 11.6 Å². The van der Waals surface area contributed by atoms with Crippen molar-refractivity contribution in [3.8, 4) is 0 Å². The number of nitrogens with one attached hydrogen (secondary N) is 2. The largest absolute Gasteiger partial charge is 0.383 e. The number of halogens is 1. The third kappa shape index (κ3) is 3.35. The van der Waals surface area contributed by atoms with E-state index in [9.17, 15) is 14.9 Å². The van der Waals surface area contributed by atoms with E-state index in [0.717, 1.165) is 11.6 Å².